The van der Waals surface area contributed by atoms with E-state index in [9.17, 15) is 19.5 Å². The molecule has 0 radical (unpaired) electrons. The first kappa shape index (κ1) is 19.7. The van der Waals surface area contributed by atoms with E-state index in [0.717, 1.165) is 0 Å². The molecule has 2 aromatic rings. The third-order valence-corrected chi connectivity index (χ3v) is 4.54. The summed E-state index contributed by atoms with van der Waals surface area (Å²) in [6, 6.07) is 6.62. The van der Waals surface area contributed by atoms with Gasteiger partial charge in [0.2, 0.25) is 11.8 Å². The van der Waals surface area contributed by atoms with Crippen LogP contribution >= 0.6 is 11.8 Å². The molecule has 0 saturated heterocycles. The van der Waals surface area contributed by atoms with Crippen molar-refractivity contribution in [2.45, 2.75) is 25.2 Å². The van der Waals surface area contributed by atoms with E-state index in [0.29, 0.717) is 22.1 Å². The number of likely N-dealkylation sites (N-methyl/N-ethyl adjacent to an activating group) is 1. The number of nitrogens with zero attached hydrogens (tertiary/aromatic N) is 2. The molecule has 0 aliphatic carbocycles. The van der Waals surface area contributed by atoms with E-state index < -0.39 is 0 Å². The maximum absolute atomic E-state index is 12.1. The summed E-state index contributed by atoms with van der Waals surface area (Å²) in [6.07, 6.45) is 1.48. The van der Waals surface area contributed by atoms with E-state index in [4.69, 9.17) is 0 Å². The number of carbonyl (C=O) groups excluding carboxylic acids is 3. The normalized spacial score (nSPS) is 10.4. The molecule has 8 nitrogen and oxygen atoms in total. The second kappa shape index (κ2) is 9.16. The number of anilines is 1. The standard InChI is InChI=1S/C17H20N4O4S/c1-11(23)12-3-5-13(6-4-12)20-16(25)10-26-17-19-7-14(9-22)21(17)8-15(24)18-2/h3-7,22H,8-10H2,1-2H3,(H,18,24)(H,20,25). The molecule has 1 aromatic heterocycles. The Bertz CT molecular complexity index is 802. The van der Waals surface area contributed by atoms with Gasteiger partial charge in [0.1, 0.15) is 6.54 Å². The van der Waals surface area contributed by atoms with Crippen LogP contribution in [0.1, 0.15) is 23.0 Å². The highest BCUT2D eigenvalue weighted by Crippen LogP contribution is 2.19. The van der Waals surface area contributed by atoms with Crippen molar-refractivity contribution in [2.24, 2.45) is 0 Å². The average molecular weight is 376 g/mol. The van der Waals surface area contributed by atoms with Crippen LogP contribution in [0.25, 0.3) is 0 Å². The van der Waals surface area contributed by atoms with Crippen molar-refractivity contribution in [2.75, 3.05) is 18.1 Å². The number of amides is 2. The lowest BCUT2D eigenvalue weighted by Gasteiger charge is -2.10. The highest BCUT2D eigenvalue weighted by molar-refractivity contribution is 7.99. The zero-order valence-corrected chi connectivity index (χ0v) is 15.3. The first-order valence-corrected chi connectivity index (χ1v) is 8.82. The zero-order chi connectivity index (χ0) is 19.1. The van der Waals surface area contributed by atoms with Crippen LogP contribution < -0.4 is 10.6 Å². The third-order valence-electron chi connectivity index (χ3n) is 3.55. The van der Waals surface area contributed by atoms with Gasteiger partial charge in [-0.15, -0.1) is 0 Å². The predicted molar refractivity (Wildman–Crippen MR) is 98.0 cm³/mol. The molecule has 0 aliphatic heterocycles. The maximum atomic E-state index is 12.1. The Labute approximate surface area is 155 Å². The molecule has 0 unspecified atom stereocenters. The largest absolute Gasteiger partial charge is 0.390 e. The summed E-state index contributed by atoms with van der Waals surface area (Å²) < 4.78 is 1.57. The molecule has 0 spiro atoms. The van der Waals surface area contributed by atoms with Crippen molar-refractivity contribution in [3.05, 3.63) is 41.7 Å². The number of hydrogen-bond donors (Lipinski definition) is 3. The minimum Gasteiger partial charge on any atom is -0.390 e. The van der Waals surface area contributed by atoms with Crippen LogP contribution in [-0.2, 0) is 22.7 Å². The lowest BCUT2D eigenvalue weighted by atomic mass is 10.1. The number of carbonyl (C=O) groups is 3. The Kier molecular flexibility index (Phi) is 6.93. The van der Waals surface area contributed by atoms with Crippen LogP contribution in [0.5, 0.6) is 0 Å². The van der Waals surface area contributed by atoms with Gasteiger partial charge in [0.15, 0.2) is 10.9 Å². The van der Waals surface area contributed by atoms with E-state index in [1.54, 1.807) is 28.8 Å². The Morgan fingerprint density at radius 2 is 1.88 bits per heavy atom. The van der Waals surface area contributed by atoms with Gasteiger partial charge in [-0.1, -0.05) is 11.8 Å². The Balaban J connectivity index is 1.97. The van der Waals surface area contributed by atoms with Gasteiger partial charge in [0, 0.05) is 18.3 Å². The molecular formula is C17H20N4O4S. The first-order valence-electron chi connectivity index (χ1n) is 7.84. The zero-order valence-electron chi connectivity index (χ0n) is 14.5. The van der Waals surface area contributed by atoms with Gasteiger partial charge in [-0.2, -0.15) is 0 Å². The van der Waals surface area contributed by atoms with Crippen LogP contribution in [-0.4, -0.2) is 45.1 Å². The molecule has 0 fully saturated rings. The predicted octanol–water partition coefficient (Wildman–Crippen LogP) is 1.05. The summed E-state index contributed by atoms with van der Waals surface area (Å²) in [6.45, 7) is 1.24. The number of nitrogens with one attached hydrogen (secondary N) is 2. The molecule has 0 bridgehead atoms. The maximum Gasteiger partial charge on any atom is 0.239 e. The number of aromatic nitrogens is 2. The number of benzene rings is 1. The fourth-order valence-corrected chi connectivity index (χ4v) is 2.94. The second-order valence-corrected chi connectivity index (χ2v) is 6.36. The van der Waals surface area contributed by atoms with Crippen molar-refractivity contribution >= 4 is 35.0 Å². The SMILES string of the molecule is CNC(=O)Cn1c(CO)cnc1SCC(=O)Nc1ccc(C(C)=O)cc1. The van der Waals surface area contributed by atoms with Crippen molar-refractivity contribution in [1.29, 1.82) is 0 Å². The van der Waals surface area contributed by atoms with E-state index in [1.165, 1.54) is 31.9 Å². The fraction of sp³-hybridized carbons (Fsp3) is 0.294. The van der Waals surface area contributed by atoms with Gasteiger partial charge >= 0.3 is 0 Å². The molecule has 3 N–H and O–H groups in total. The minimum atomic E-state index is -0.251. The number of aliphatic hydroxyl groups is 1. The molecule has 1 aromatic carbocycles. The lowest BCUT2D eigenvalue weighted by Crippen LogP contribution is -2.25. The molecule has 2 rings (SSSR count). The summed E-state index contributed by atoms with van der Waals surface area (Å²) in [5, 5.41) is 15.1. The van der Waals surface area contributed by atoms with Crippen LogP contribution in [0.4, 0.5) is 5.69 Å². The van der Waals surface area contributed by atoms with E-state index >= 15 is 0 Å². The van der Waals surface area contributed by atoms with Gasteiger partial charge < -0.3 is 20.3 Å². The van der Waals surface area contributed by atoms with Crippen LogP contribution in [0.3, 0.4) is 0 Å². The van der Waals surface area contributed by atoms with E-state index in [1.807, 2.05) is 0 Å². The topological polar surface area (TPSA) is 113 Å². The average Bonchev–Trinajstić information content (AvgIpc) is 3.01. The van der Waals surface area contributed by atoms with Crippen molar-refractivity contribution in [1.82, 2.24) is 14.9 Å². The number of hydrogen-bond acceptors (Lipinski definition) is 6. The number of aliphatic hydroxyl groups excluding tert-OH is 1. The molecule has 0 atom stereocenters. The number of Topliss-reactive ketones (excluding diaryl/α,β-unsaturated/α-hetero) is 1. The van der Waals surface area contributed by atoms with E-state index in [2.05, 4.69) is 15.6 Å². The highest BCUT2D eigenvalue weighted by Gasteiger charge is 2.14. The van der Waals surface area contributed by atoms with Crippen LogP contribution in [0.15, 0.2) is 35.6 Å². The highest BCUT2D eigenvalue weighted by atomic mass is 32.2. The van der Waals surface area contributed by atoms with Gasteiger partial charge in [-0.3, -0.25) is 14.4 Å². The smallest absolute Gasteiger partial charge is 0.239 e. The number of imidazole rings is 1. The quantitative estimate of drug-likeness (QED) is 0.469. The molecule has 1 heterocycles. The first-order chi connectivity index (χ1) is 12.4. The van der Waals surface area contributed by atoms with E-state index in [-0.39, 0.29) is 36.5 Å². The molecule has 0 saturated carbocycles. The molecule has 26 heavy (non-hydrogen) atoms. The Morgan fingerprint density at radius 3 is 2.46 bits per heavy atom. The second-order valence-electron chi connectivity index (χ2n) is 5.42. The van der Waals surface area contributed by atoms with Crippen molar-refractivity contribution in [3.8, 4) is 0 Å². The molecule has 2 amide bonds. The monoisotopic (exact) mass is 376 g/mol. The Hall–Kier alpha value is -2.65. The summed E-state index contributed by atoms with van der Waals surface area (Å²) in [5.74, 6) is -0.425. The summed E-state index contributed by atoms with van der Waals surface area (Å²) >= 11 is 1.17. The molecule has 138 valence electrons. The summed E-state index contributed by atoms with van der Waals surface area (Å²) in [4.78, 5) is 39.1. The van der Waals surface area contributed by atoms with Gasteiger partial charge in [-0.25, -0.2) is 4.98 Å². The van der Waals surface area contributed by atoms with Crippen LogP contribution in [0.2, 0.25) is 0 Å². The van der Waals surface area contributed by atoms with Crippen LogP contribution in [0, 0.1) is 0 Å². The third kappa shape index (κ3) is 5.17. The molecular weight excluding hydrogens is 356 g/mol. The van der Waals surface area contributed by atoms with Crippen molar-refractivity contribution < 1.29 is 19.5 Å². The molecule has 0 aliphatic rings. The summed E-state index contributed by atoms with van der Waals surface area (Å²) in [7, 11) is 1.52. The van der Waals surface area contributed by atoms with Crippen molar-refractivity contribution in [3.63, 3.8) is 0 Å². The lowest BCUT2D eigenvalue weighted by molar-refractivity contribution is -0.121. The fourth-order valence-electron chi connectivity index (χ4n) is 2.14. The Morgan fingerprint density at radius 1 is 1.19 bits per heavy atom. The van der Waals surface area contributed by atoms with Gasteiger partial charge in [-0.05, 0) is 31.2 Å². The van der Waals surface area contributed by atoms with Gasteiger partial charge in [0.05, 0.1) is 24.3 Å². The number of thioether (sulfide) groups is 1. The van der Waals surface area contributed by atoms with Gasteiger partial charge in [0.25, 0.3) is 0 Å². The minimum absolute atomic E-state index is 0.0167. The number of rotatable bonds is 8. The summed E-state index contributed by atoms with van der Waals surface area (Å²) in [5.41, 5.74) is 1.66. The number of ketones is 1. The molecule has 9 heteroatoms.